The molecule has 0 aliphatic carbocycles. The summed E-state index contributed by atoms with van der Waals surface area (Å²) in [5.74, 6) is -1.11. The van der Waals surface area contributed by atoms with Gasteiger partial charge in [0.05, 0.1) is 22.3 Å². The van der Waals surface area contributed by atoms with E-state index in [0.717, 1.165) is 4.90 Å². The minimum Gasteiger partial charge on any atom is -0.480 e. The van der Waals surface area contributed by atoms with Gasteiger partial charge >= 0.3 is 12.0 Å². The zero-order chi connectivity index (χ0) is 13.7. The summed E-state index contributed by atoms with van der Waals surface area (Å²) in [5.41, 5.74) is 0.690. The molecule has 0 fully saturated rings. The molecule has 6 nitrogen and oxygen atoms in total. The van der Waals surface area contributed by atoms with Crippen molar-refractivity contribution in [3.63, 3.8) is 0 Å². The maximum Gasteiger partial charge on any atom is 0.323 e. The molecule has 0 bridgehead atoms. The first-order chi connectivity index (χ1) is 8.43. The molecule has 7 heteroatoms. The van der Waals surface area contributed by atoms with Crippen molar-refractivity contribution in [1.29, 1.82) is 5.26 Å². The maximum absolute atomic E-state index is 11.6. The van der Waals surface area contributed by atoms with Crippen LogP contribution < -0.4 is 5.32 Å². The van der Waals surface area contributed by atoms with Gasteiger partial charge in [-0.25, -0.2) is 4.79 Å². The van der Waals surface area contributed by atoms with Crippen LogP contribution in [0.25, 0.3) is 0 Å². The first-order valence-electron chi connectivity index (χ1n) is 4.87. The highest BCUT2D eigenvalue weighted by Crippen LogP contribution is 2.22. The topological polar surface area (TPSA) is 93.4 Å². The Labute approximate surface area is 108 Å². The average Bonchev–Trinajstić information content (AvgIpc) is 2.30. The summed E-state index contributed by atoms with van der Waals surface area (Å²) in [6, 6.07) is 5.71. The van der Waals surface area contributed by atoms with Crippen molar-refractivity contribution in [3.8, 4) is 6.07 Å². The van der Waals surface area contributed by atoms with Crippen LogP contribution in [0.15, 0.2) is 18.2 Å². The van der Waals surface area contributed by atoms with Crippen LogP contribution in [0, 0.1) is 11.3 Å². The average molecular weight is 268 g/mol. The standard InChI is InChI=1S/C11H10ClN3O3/c1-15(6-10(16)17)11(18)14-9-3-2-7(5-13)4-8(9)12/h2-4H,6H2,1H3,(H,14,18)(H,16,17). The van der Waals surface area contributed by atoms with E-state index in [1.54, 1.807) is 0 Å². The molecule has 0 spiro atoms. The van der Waals surface area contributed by atoms with Crippen molar-refractivity contribution in [3.05, 3.63) is 28.8 Å². The van der Waals surface area contributed by atoms with Gasteiger partial charge in [-0.05, 0) is 18.2 Å². The number of carboxylic acid groups (broad SMARTS) is 1. The zero-order valence-electron chi connectivity index (χ0n) is 9.48. The van der Waals surface area contributed by atoms with Crippen molar-refractivity contribution < 1.29 is 14.7 Å². The number of likely N-dealkylation sites (N-methyl/N-ethyl adjacent to an activating group) is 1. The van der Waals surface area contributed by atoms with E-state index in [1.807, 2.05) is 6.07 Å². The smallest absolute Gasteiger partial charge is 0.323 e. The van der Waals surface area contributed by atoms with Crippen molar-refractivity contribution in [2.24, 2.45) is 0 Å². The highest BCUT2D eigenvalue weighted by molar-refractivity contribution is 6.33. The predicted molar refractivity (Wildman–Crippen MR) is 65.5 cm³/mol. The van der Waals surface area contributed by atoms with Crippen LogP contribution in [-0.2, 0) is 4.79 Å². The second kappa shape index (κ2) is 5.89. The monoisotopic (exact) mass is 267 g/mol. The largest absolute Gasteiger partial charge is 0.480 e. The Morgan fingerprint density at radius 2 is 2.22 bits per heavy atom. The van der Waals surface area contributed by atoms with E-state index in [-0.39, 0.29) is 5.02 Å². The molecule has 0 atom stereocenters. The second-order valence-corrected chi connectivity index (χ2v) is 3.89. The molecule has 1 aromatic rings. The molecule has 1 rings (SSSR count). The van der Waals surface area contributed by atoms with Gasteiger partial charge < -0.3 is 15.3 Å². The SMILES string of the molecule is CN(CC(=O)O)C(=O)Nc1ccc(C#N)cc1Cl. The number of benzene rings is 1. The van der Waals surface area contributed by atoms with Crippen molar-refractivity contribution in [2.75, 3.05) is 18.9 Å². The van der Waals surface area contributed by atoms with Crippen molar-refractivity contribution >= 4 is 29.3 Å². The Bertz CT molecular complexity index is 525. The van der Waals surface area contributed by atoms with Crippen LogP contribution in [0.3, 0.4) is 0 Å². The number of nitrogens with zero attached hydrogens (tertiary/aromatic N) is 2. The molecule has 1 aromatic carbocycles. The van der Waals surface area contributed by atoms with E-state index in [2.05, 4.69) is 5.32 Å². The molecule has 0 radical (unpaired) electrons. The number of hydrogen-bond donors (Lipinski definition) is 2. The van der Waals surface area contributed by atoms with E-state index in [9.17, 15) is 9.59 Å². The number of hydrogen-bond acceptors (Lipinski definition) is 3. The molecular weight excluding hydrogens is 258 g/mol. The summed E-state index contributed by atoms with van der Waals surface area (Å²) in [7, 11) is 1.35. The molecular formula is C11H10ClN3O3. The van der Waals surface area contributed by atoms with E-state index >= 15 is 0 Å². The fraction of sp³-hybridized carbons (Fsp3) is 0.182. The van der Waals surface area contributed by atoms with Crippen LogP contribution in [0.4, 0.5) is 10.5 Å². The van der Waals surface area contributed by atoms with E-state index in [0.29, 0.717) is 11.3 Å². The molecule has 0 aromatic heterocycles. The zero-order valence-corrected chi connectivity index (χ0v) is 10.2. The summed E-state index contributed by atoms with van der Waals surface area (Å²) >= 11 is 5.86. The molecule has 2 N–H and O–H groups in total. The third-order valence-corrected chi connectivity index (χ3v) is 2.37. The number of halogens is 1. The van der Waals surface area contributed by atoms with Crippen molar-refractivity contribution in [2.45, 2.75) is 0 Å². The number of nitrogens with one attached hydrogen (secondary N) is 1. The van der Waals surface area contributed by atoms with Gasteiger partial charge in [0, 0.05) is 7.05 Å². The van der Waals surface area contributed by atoms with Gasteiger partial charge in [-0.15, -0.1) is 0 Å². The quantitative estimate of drug-likeness (QED) is 0.872. The van der Waals surface area contributed by atoms with Gasteiger partial charge in [-0.1, -0.05) is 11.6 Å². The summed E-state index contributed by atoms with van der Waals surface area (Å²) in [6.07, 6.45) is 0. The number of aliphatic carboxylic acids is 1. The number of rotatable bonds is 3. The molecule has 18 heavy (non-hydrogen) atoms. The Morgan fingerprint density at radius 3 is 2.72 bits per heavy atom. The number of urea groups is 1. The highest BCUT2D eigenvalue weighted by atomic mass is 35.5. The van der Waals surface area contributed by atoms with Gasteiger partial charge in [0.2, 0.25) is 0 Å². The van der Waals surface area contributed by atoms with Gasteiger partial charge in [-0.2, -0.15) is 5.26 Å². The number of carbonyl (C=O) groups is 2. The normalized spacial score (nSPS) is 9.39. The number of anilines is 1. The molecule has 0 unspecified atom stereocenters. The summed E-state index contributed by atoms with van der Waals surface area (Å²) in [4.78, 5) is 23.0. The molecule has 0 heterocycles. The first-order valence-corrected chi connectivity index (χ1v) is 5.25. The van der Waals surface area contributed by atoms with Crippen LogP contribution >= 0.6 is 11.6 Å². The number of carboxylic acids is 1. The Balaban J connectivity index is 2.76. The minimum absolute atomic E-state index is 0.214. The molecule has 0 aliphatic rings. The molecule has 0 saturated heterocycles. The third kappa shape index (κ3) is 3.64. The lowest BCUT2D eigenvalue weighted by molar-refractivity contribution is -0.137. The van der Waals surface area contributed by atoms with E-state index in [4.69, 9.17) is 22.0 Å². The first kappa shape index (κ1) is 13.8. The fourth-order valence-corrected chi connectivity index (χ4v) is 1.40. The lowest BCUT2D eigenvalue weighted by Gasteiger charge is -2.16. The predicted octanol–water partition coefficient (Wildman–Crippen LogP) is 1.76. The molecule has 2 amide bonds. The number of amides is 2. The summed E-state index contributed by atoms with van der Waals surface area (Å²) in [6.45, 7) is -0.417. The van der Waals surface area contributed by atoms with Crippen LogP contribution in [0.2, 0.25) is 5.02 Å². The fourth-order valence-electron chi connectivity index (χ4n) is 1.17. The Hall–Kier alpha value is -2.26. The van der Waals surface area contributed by atoms with E-state index < -0.39 is 18.5 Å². The Morgan fingerprint density at radius 1 is 1.56 bits per heavy atom. The lowest BCUT2D eigenvalue weighted by atomic mass is 10.2. The van der Waals surface area contributed by atoms with Crippen LogP contribution in [0.1, 0.15) is 5.56 Å². The van der Waals surface area contributed by atoms with Gasteiger partial charge in [-0.3, -0.25) is 4.79 Å². The number of nitriles is 1. The highest BCUT2D eigenvalue weighted by Gasteiger charge is 2.13. The lowest BCUT2D eigenvalue weighted by Crippen LogP contribution is -2.35. The van der Waals surface area contributed by atoms with Gasteiger partial charge in [0.25, 0.3) is 0 Å². The Kier molecular flexibility index (Phi) is 4.52. The molecule has 0 aliphatic heterocycles. The second-order valence-electron chi connectivity index (χ2n) is 3.49. The summed E-state index contributed by atoms with van der Waals surface area (Å²) in [5, 5.41) is 19.9. The van der Waals surface area contributed by atoms with Gasteiger partial charge in [0.15, 0.2) is 0 Å². The van der Waals surface area contributed by atoms with Crippen molar-refractivity contribution in [1.82, 2.24) is 4.90 Å². The third-order valence-electron chi connectivity index (χ3n) is 2.06. The van der Waals surface area contributed by atoms with E-state index in [1.165, 1.54) is 25.2 Å². The number of carbonyl (C=O) groups excluding carboxylic acids is 1. The van der Waals surface area contributed by atoms with Gasteiger partial charge in [0.1, 0.15) is 6.54 Å². The maximum atomic E-state index is 11.6. The summed E-state index contributed by atoms with van der Waals surface area (Å²) < 4.78 is 0. The van der Waals surface area contributed by atoms with Crippen LogP contribution in [0.5, 0.6) is 0 Å². The molecule has 0 saturated carbocycles. The molecule has 94 valence electrons. The van der Waals surface area contributed by atoms with Crippen LogP contribution in [-0.4, -0.2) is 35.6 Å². The minimum atomic E-state index is -1.11.